The summed E-state index contributed by atoms with van der Waals surface area (Å²) in [5.74, 6) is -0.413. The molecule has 0 spiro atoms. The van der Waals surface area contributed by atoms with Crippen molar-refractivity contribution < 1.29 is 24.2 Å². The number of phenolic OH excluding ortho intramolecular Hbond substituents is 1. The summed E-state index contributed by atoms with van der Waals surface area (Å²) in [5.41, 5.74) is 3.85. The summed E-state index contributed by atoms with van der Waals surface area (Å²) in [7, 11) is 0. The number of nitrogens with zero attached hydrogens (tertiary/aromatic N) is 1. The number of benzene rings is 2. The quantitative estimate of drug-likeness (QED) is 0.371. The van der Waals surface area contributed by atoms with Crippen LogP contribution in [-0.4, -0.2) is 42.4 Å². The molecule has 1 atom stereocenters. The van der Waals surface area contributed by atoms with Gasteiger partial charge in [-0.1, -0.05) is 43.6 Å². The number of carbonyl (C=O) groups excluding carboxylic acids is 2. The van der Waals surface area contributed by atoms with Gasteiger partial charge in [-0.3, -0.25) is 9.59 Å². The Hall–Kier alpha value is -3.26. The molecule has 3 N–H and O–H groups in total. The smallest absolute Gasteiger partial charge is 0.262 e. The lowest BCUT2D eigenvalue weighted by Gasteiger charge is -2.20. The lowest BCUT2D eigenvalue weighted by atomic mass is 10.0. The molecule has 0 bridgehead atoms. The largest absolute Gasteiger partial charge is 0.503 e. The summed E-state index contributed by atoms with van der Waals surface area (Å²) in [4.78, 5) is 24.9. The first-order chi connectivity index (χ1) is 15.2. The molecule has 8 nitrogen and oxygen atoms in total. The van der Waals surface area contributed by atoms with E-state index in [-0.39, 0.29) is 29.0 Å². The van der Waals surface area contributed by atoms with Crippen LogP contribution in [0.3, 0.4) is 0 Å². The van der Waals surface area contributed by atoms with Crippen LogP contribution in [0.25, 0.3) is 0 Å². The molecule has 0 radical (unpaired) electrons. The average Bonchev–Trinajstić information content (AvgIpc) is 2.74. The molecule has 2 aromatic carbocycles. The molecular weight excluding hydrogens is 434 g/mol. The summed E-state index contributed by atoms with van der Waals surface area (Å²) in [5, 5.41) is 16.6. The topological polar surface area (TPSA) is 109 Å². The highest BCUT2D eigenvalue weighted by Crippen LogP contribution is 2.34. The molecule has 0 aliphatic rings. The Balaban J connectivity index is 1.97. The third kappa shape index (κ3) is 7.16. The summed E-state index contributed by atoms with van der Waals surface area (Å²) < 4.78 is 10.9. The Morgan fingerprint density at radius 3 is 2.56 bits per heavy atom. The van der Waals surface area contributed by atoms with Crippen molar-refractivity contribution in [3.05, 3.63) is 52.5 Å². The summed E-state index contributed by atoms with van der Waals surface area (Å²) >= 11 is 5.99. The van der Waals surface area contributed by atoms with E-state index in [0.29, 0.717) is 17.9 Å². The molecule has 0 fully saturated rings. The van der Waals surface area contributed by atoms with Gasteiger partial charge in [0.05, 0.1) is 17.8 Å². The Morgan fingerprint density at radius 1 is 1.19 bits per heavy atom. The number of amides is 2. The van der Waals surface area contributed by atoms with Crippen LogP contribution in [0.15, 0.2) is 41.5 Å². The normalized spacial score (nSPS) is 11.9. The number of phenols is 1. The second-order valence-corrected chi connectivity index (χ2v) is 7.77. The number of aromatic hydroxyl groups is 1. The molecule has 2 rings (SSSR count). The van der Waals surface area contributed by atoms with Crippen molar-refractivity contribution >= 4 is 29.6 Å². The maximum atomic E-state index is 12.6. The SMILES string of the molecule is CCOc1cc(/C=N\NC(=O)[C@@H](NC(=O)COc2ccccc2C)C(C)C)cc(Cl)c1O. The third-order valence-corrected chi connectivity index (χ3v) is 4.75. The van der Waals surface area contributed by atoms with Crippen molar-refractivity contribution in [2.24, 2.45) is 11.0 Å². The molecule has 32 heavy (non-hydrogen) atoms. The first-order valence-electron chi connectivity index (χ1n) is 10.2. The fourth-order valence-electron chi connectivity index (χ4n) is 2.79. The maximum Gasteiger partial charge on any atom is 0.262 e. The molecule has 172 valence electrons. The van der Waals surface area contributed by atoms with E-state index < -0.39 is 17.9 Å². The highest BCUT2D eigenvalue weighted by atomic mass is 35.5. The molecular formula is C23H28ClN3O5. The summed E-state index contributed by atoms with van der Waals surface area (Å²) in [6, 6.07) is 9.59. The number of hydrazone groups is 1. The van der Waals surface area contributed by atoms with Crippen LogP contribution in [0, 0.1) is 12.8 Å². The van der Waals surface area contributed by atoms with Crippen LogP contribution in [0.5, 0.6) is 17.2 Å². The molecule has 0 heterocycles. The van der Waals surface area contributed by atoms with Crippen molar-refractivity contribution in [2.45, 2.75) is 33.7 Å². The number of hydrogen-bond acceptors (Lipinski definition) is 6. The Bertz CT molecular complexity index is 978. The van der Waals surface area contributed by atoms with Gasteiger partial charge in [-0.15, -0.1) is 0 Å². The molecule has 0 saturated heterocycles. The van der Waals surface area contributed by atoms with E-state index in [4.69, 9.17) is 21.1 Å². The number of para-hydroxylation sites is 1. The number of carbonyl (C=O) groups is 2. The van der Waals surface area contributed by atoms with Crippen LogP contribution in [0.1, 0.15) is 31.9 Å². The Labute approximate surface area is 192 Å². The van der Waals surface area contributed by atoms with Gasteiger partial charge >= 0.3 is 0 Å². The lowest BCUT2D eigenvalue weighted by molar-refractivity contribution is -0.131. The Morgan fingerprint density at radius 2 is 1.91 bits per heavy atom. The highest BCUT2D eigenvalue weighted by Gasteiger charge is 2.24. The van der Waals surface area contributed by atoms with Gasteiger partial charge in [-0.2, -0.15) is 5.10 Å². The number of nitrogens with one attached hydrogen (secondary N) is 2. The minimum Gasteiger partial charge on any atom is -0.503 e. The van der Waals surface area contributed by atoms with E-state index in [1.54, 1.807) is 19.1 Å². The second-order valence-electron chi connectivity index (χ2n) is 7.36. The summed E-state index contributed by atoms with van der Waals surface area (Å²) in [6.45, 7) is 7.42. The zero-order valence-electron chi connectivity index (χ0n) is 18.5. The number of halogens is 1. The van der Waals surface area contributed by atoms with Crippen molar-refractivity contribution in [1.82, 2.24) is 10.7 Å². The fourth-order valence-corrected chi connectivity index (χ4v) is 3.00. The number of rotatable bonds is 10. The van der Waals surface area contributed by atoms with Gasteiger partial charge in [0, 0.05) is 0 Å². The number of hydrogen-bond donors (Lipinski definition) is 3. The van der Waals surface area contributed by atoms with Gasteiger partial charge in [0.1, 0.15) is 11.8 Å². The molecule has 0 aliphatic heterocycles. The van der Waals surface area contributed by atoms with Gasteiger partial charge in [0.2, 0.25) is 0 Å². The van der Waals surface area contributed by atoms with Crippen LogP contribution >= 0.6 is 11.6 Å². The van der Waals surface area contributed by atoms with Gasteiger partial charge in [-0.25, -0.2) is 5.43 Å². The minimum atomic E-state index is -0.803. The van der Waals surface area contributed by atoms with E-state index >= 15 is 0 Å². The number of aryl methyl sites for hydroxylation is 1. The van der Waals surface area contributed by atoms with Gasteiger partial charge in [-0.05, 0) is 49.1 Å². The minimum absolute atomic E-state index is 0.102. The zero-order chi connectivity index (χ0) is 23.7. The van der Waals surface area contributed by atoms with Crippen molar-refractivity contribution in [3.8, 4) is 17.2 Å². The van der Waals surface area contributed by atoms with Gasteiger partial charge in [0.15, 0.2) is 18.1 Å². The van der Waals surface area contributed by atoms with Crippen LogP contribution in [0.2, 0.25) is 5.02 Å². The van der Waals surface area contributed by atoms with E-state index in [0.717, 1.165) is 5.56 Å². The van der Waals surface area contributed by atoms with Crippen LogP contribution < -0.4 is 20.2 Å². The molecule has 2 aromatic rings. The second kappa shape index (κ2) is 12.0. The van der Waals surface area contributed by atoms with Gasteiger partial charge < -0.3 is 19.9 Å². The molecule has 0 saturated carbocycles. The zero-order valence-corrected chi connectivity index (χ0v) is 19.3. The van der Waals surface area contributed by atoms with E-state index in [9.17, 15) is 14.7 Å². The van der Waals surface area contributed by atoms with Crippen LogP contribution in [-0.2, 0) is 9.59 Å². The molecule has 2 amide bonds. The molecule has 0 unspecified atom stereocenters. The van der Waals surface area contributed by atoms with Gasteiger partial charge in [0.25, 0.3) is 11.8 Å². The Kier molecular flexibility index (Phi) is 9.34. The monoisotopic (exact) mass is 461 g/mol. The maximum absolute atomic E-state index is 12.6. The summed E-state index contributed by atoms with van der Waals surface area (Å²) in [6.07, 6.45) is 1.37. The van der Waals surface area contributed by atoms with Crippen molar-refractivity contribution in [3.63, 3.8) is 0 Å². The lowest BCUT2D eigenvalue weighted by Crippen LogP contribution is -2.49. The van der Waals surface area contributed by atoms with Crippen molar-refractivity contribution in [1.29, 1.82) is 0 Å². The third-order valence-electron chi connectivity index (χ3n) is 4.46. The fraction of sp³-hybridized carbons (Fsp3) is 0.348. The standard InChI is InChI=1S/C23H28ClN3O5/c1-5-31-19-11-16(10-17(24)22(19)29)12-25-27-23(30)21(14(2)3)26-20(28)13-32-18-9-7-6-8-15(18)4/h6-12,14,21,29H,5,13H2,1-4H3,(H,26,28)(H,27,30)/b25-12-/t21-/m0/s1. The molecule has 9 heteroatoms. The number of ether oxygens (including phenoxy) is 2. The van der Waals surface area contributed by atoms with E-state index in [2.05, 4.69) is 15.8 Å². The average molecular weight is 462 g/mol. The first kappa shape index (κ1) is 25.0. The highest BCUT2D eigenvalue weighted by molar-refractivity contribution is 6.32. The van der Waals surface area contributed by atoms with E-state index in [1.807, 2.05) is 39.0 Å². The first-order valence-corrected chi connectivity index (χ1v) is 10.6. The predicted octanol–water partition coefficient (Wildman–Crippen LogP) is 3.42. The molecule has 0 aliphatic carbocycles. The van der Waals surface area contributed by atoms with Crippen molar-refractivity contribution in [2.75, 3.05) is 13.2 Å². The van der Waals surface area contributed by atoms with Crippen LogP contribution in [0.4, 0.5) is 0 Å². The van der Waals surface area contributed by atoms with E-state index in [1.165, 1.54) is 12.3 Å². The predicted molar refractivity (Wildman–Crippen MR) is 123 cm³/mol. The molecule has 0 aromatic heterocycles.